The number of halogens is 2. The third-order valence-electron chi connectivity index (χ3n) is 4.01. The van der Waals surface area contributed by atoms with Crippen molar-refractivity contribution in [3.63, 3.8) is 0 Å². The zero-order valence-corrected chi connectivity index (χ0v) is 11.0. The van der Waals surface area contributed by atoms with Gasteiger partial charge in [0.2, 0.25) is 0 Å². The minimum absolute atomic E-state index is 0.0520. The smallest absolute Gasteiger partial charge is 0.251 e. The standard InChI is InChI=1S/C13H24F2N2/c1-13(2,3)11-6-16-10(9-4-5-9)7-17(11)8-12(14)15/h9-12,16H,4-8H2,1-3H3. The van der Waals surface area contributed by atoms with Crippen molar-refractivity contribution in [3.05, 3.63) is 0 Å². The molecule has 2 fully saturated rings. The maximum atomic E-state index is 12.7. The SMILES string of the molecule is CC(C)(C)C1CNC(C2CC2)CN1CC(F)F. The summed E-state index contributed by atoms with van der Waals surface area (Å²) in [5, 5.41) is 3.55. The molecule has 1 aliphatic heterocycles. The molecule has 1 aliphatic carbocycles. The van der Waals surface area contributed by atoms with Gasteiger partial charge in [-0.1, -0.05) is 20.8 Å². The Bertz CT molecular complexity index is 259. The zero-order chi connectivity index (χ0) is 12.6. The predicted octanol–water partition coefficient (Wildman–Crippen LogP) is 2.35. The molecule has 2 nitrogen and oxygen atoms in total. The molecule has 1 heterocycles. The summed E-state index contributed by atoms with van der Waals surface area (Å²) in [6.45, 7) is 7.96. The molecular weight excluding hydrogens is 222 g/mol. The van der Waals surface area contributed by atoms with E-state index >= 15 is 0 Å². The zero-order valence-electron chi connectivity index (χ0n) is 11.0. The number of hydrogen-bond donors (Lipinski definition) is 1. The summed E-state index contributed by atoms with van der Waals surface area (Å²) in [7, 11) is 0. The quantitative estimate of drug-likeness (QED) is 0.822. The lowest BCUT2D eigenvalue weighted by molar-refractivity contribution is 0.00291. The molecule has 2 atom stereocenters. The maximum Gasteiger partial charge on any atom is 0.251 e. The molecule has 0 aromatic rings. The largest absolute Gasteiger partial charge is 0.311 e. The second-order valence-corrected chi connectivity index (χ2v) is 6.58. The van der Waals surface area contributed by atoms with Gasteiger partial charge < -0.3 is 5.32 Å². The van der Waals surface area contributed by atoms with Crippen LogP contribution < -0.4 is 5.32 Å². The average Bonchev–Trinajstić information content (AvgIpc) is 2.97. The van der Waals surface area contributed by atoms with Crippen LogP contribution in [-0.4, -0.2) is 43.0 Å². The van der Waals surface area contributed by atoms with Crippen LogP contribution in [0.2, 0.25) is 0 Å². The lowest BCUT2D eigenvalue weighted by Gasteiger charge is -2.46. The van der Waals surface area contributed by atoms with Crippen molar-refractivity contribution in [3.8, 4) is 0 Å². The summed E-state index contributed by atoms with van der Waals surface area (Å²) in [6.07, 6.45) is 0.304. The van der Waals surface area contributed by atoms with E-state index in [0.29, 0.717) is 6.04 Å². The third-order valence-corrected chi connectivity index (χ3v) is 4.01. The van der Waals surface area contributed by atoms with Crippen LogP contribution in [0.4, 0.5) is 8.78 Å². The highest BCUT2D eigenvalue weighted by Crippen LogP contribution is 2.36. The minimum atomic E-state index is -2.22. The van der Waals surface area contributed by atoms with Crippen molar-refractivity contribution < 1.29 is 8.78 Å². The van der Waals surface area contributed by atoms with Gasteiger partial charge in [-0.15, -0.1) is 0 Å². The Labute approximate surface area is 103 Å². The second kappa shape index (κ2) is 4.81. The molecule has 0 aromatic heterocycles. The first-order valence-corrected chi connectivity index (χ1v) is 6.63. The lowest BCUT2D eigenvalue weighted by atomic mass is 9.83. The van der Waals surface area contributed by atoms with Gasteiger partial charge in [-0.2, -0.15) is 0 Å². The molecule has 0 spiro atoms. The number of nitrogens with one attached hydrogen (secondary N) is 1. The van der Waals surface area contributed by atoms with Gasteiger partial charge in [0, 0.05) is 25.2 Å². The van der Waals surface area contributed by atoms with Gasteiger partial charge in [0.05, 0.1) is 6.54 Å². The summed E-state index contributed by atoms with van der Waals surface area (Å²) < 4.78 is 25.3. The number of piperazine rings is 1. The number of nitrogens with zero attached hydrogens (tertiary/aromatic N) is 1. The molecule has 2 aliphatic rings. The van der Waals surface area contributed by atoms with Gasteiger partial charge in [-0.3, -0.25) is 4.90 Å². The van der Waals surface area contributed by atoms with E-state index in [1.807, 2.05) is 4.90 Å². The highest BCUT2D eigenvalue weighted by atomic mass is 19.3. The molecule has 17 heavy (non-hydrogen) atoms. The van der Waals surface area contributed by atoms with Crippen molar-refractivity contribution in [2.45, 2.75) is 52.1 Å². The first kappa shape index (κ1) is 13.2. The fraction of sp³-hybridized carbons (Fsp3) is 1.00. The van der Waals surface area contributed by atoms with Gasteiger partial charge in [0.15, 0.2) is 0 Å². The van der Waals surface area contributed by atoms with Crippen molar-refractivity contribution in [2.24, 2.45) is 11.3 Å². The molecule has 4 heteroatoms. The minimum Gasteiger partial charge on any atom is -0.311 e. The van der Waals surface area contributed by atoms with E-state index in [1.54, 1.807) is 0 Å². The molecule has 0 aromatic carbocycles. The fourth-order valence-electron chi connectivity index (χ4n) is 2.88. The van der Waals surface area contributed by atoms with E-state index in [0.717, 1.165) is 19.0 Å². The van der Waals surface area contributed by atoms with Crippen molar-refractivity contribution in [2.75, 3.05) is 19.6 Å². The van der Waals surface area contributed by atoms with E-state index in [4.69, 9.17) is 0 Å². The van der Waals surface area contributed by atoms with Gasteiger partial charge in [-0.05, 0) is 24.2 Å². The molecule has 1 saturated heterocycles. The summed E-state index contributed by atoms with van der Waals surface area (Å²) >= 11 is 0. The molecule has 100 valence electrons. The Hall–Kier alpha value is -0.220. The van der Waals surface area contributed by atoms with E-state index in [2.05, 4.69) is 26.1 Å². The summed E-state index contributed by atoms with van der Waals surface area (Å²) in [6, 6.07) is 0.652. The maximum absolute atomic E-state index is 12.7. The van der Waals surface area contributed by atoms with Crippen LogP contribution in [0.1, 0.15) is 33.6 Å². The Morgan fingerprint density at radius 2 is 1.94 bits per heavy atom. The van der Waals surface area contributed by atoms with E-state index in [1.165, 1.54) is 12.8 Å². The van der Waals surface area contributed by atoms with E-state index in [9.17, 15) is 8.78 Å². The Kier molecular flexibility index (Phi) is 3.74. The third kappa shape index (κ3) is 3.38. The molecule has 0 bridgehead atoms. The molecule has 1 saturated carbocycles. The van der Waals surface area contributed by atoms with Gasteiger partial charge in [-0.25, -0.2) is 8.78 Å². The first-order chi connectivity index (χ1) is 7.88. The monoisotopic (exact) mass is 246 g/mol. The van der Waals surface area contributed by atoms with Crippen LogP contribution in [0.5, 0.6) is 0 Å². The number of hydrogen-bond acceptors (Lipinski definition) is 2. The first-order valence-electron chi connectivity index (χ1n) is 6.63. The molecular formula is C13H24F2N2. The lowest BCUT2D eigenvalue weighted by Crippen LogP contribution is -2.61. The van der Waals surface area contributed by atoms with Crippen LogP contribution in [0, 0.1) is 11.3 Å². The van der Waals surface area contributed by atoms with Crippen LogP contribution in [0.15, 0.2) is 0 Å². The van der Waals surface area contributed by atoms with Crippen LogP contribution in [-0.2, 0) is 0 Å². The number of alkyl halides is 2. The van der Waals surface area contributed by atoms with Gasteiger partial charge in [0.25, 0.3) is 6.43 Å². The molecule has 0 radical (unpaired) electrons. The topological polar surface area (TPSA) is 15.3 Å². The van der Waals surface area contributed by atoms with Crippen molar-refractivity contribution >= 4 is 0 Å². The van der Waals surface area contributed by atoms with Crippen molar-refractivity contribution in [1.29, 1.82) is 0 Å². The highest BCUT2D eigenvalue weighted by Gasteiger charge is 2.41. The molecule has 2 unspecified atom stereocenters. The number of rotatable bonds is 3. The van der Waals surface area contributed by atoms with Crippen LogP contribution in [0.3, 0.4) is 0 Å². The van der Waals surface area contributed by atoms with Gasteiger partial charge >= 0.3 is 0 Å². The second-order valence-electron chi connectivity index (χ2n) is 6.58. The van der Waals surface area contributed by atoms with E-state index in [-0.39, 0.29) is 18.0 Å². The van der Waals surface area contributed by atoms with Gasteiger partial charge in [0.1, 0.15) is 0 Å². The summed E-state index contributed by atoms with van der Waals surface area (Å²) in [5.41, 5.74) is 0.0520. The molecule has 2 rings (SSSR count). The Morgan fingerprint density at radius 1 is 1.29 bits per heavy atom. The van der Waals surface area contributed by atoms with Crippen LogP contribution in [0.25, 0.3) is 0 Å². The average molecular weight is 246 g/mol. The van der Waals surface area contributed by atoms with E-state index < -0.39 is 6.43 Å². The van der Waals surface area contributed by atoms with Crippen molar-refractivity contribution in [1.82, 2.24) is 10.2 Å². The fourth-order valence-corrected chi connectivity index (χ4v) is 2.88. The molecule has 1 N–H and O–H groups in total. The molecule has 0 amide bonds. The summed E-state index contributed by atoms with van der Waals surface area (Å²) in [4.78, 5) is 2.00. The van der Waals surface area contributed by atoms with Crippen LogP contribution >= 0.6 is 0 Å². The summed E-state index contributed by atoms with van der Waals surface area (Å²) in [5.74, 6) is 0.732. The normalized spacial score (nSPS) is 32.1. The Morgan fingerprint density at radius 3 is 2.41 bits per heavy atom. The highest BCUT2D eigenvalue weighted by molar-refractivity contribution is 4.97. The predicted molar refractivity (Wildman–Crippen MR) is 65.3 cm³/mol. The Balaban J connectivity index is 2.00.